The molecule has 0 saturated heterocycles. The number of allylic oxidation sites excluding steroid dienone is 1. The molecule has 3 rings (SSSR count). The number of ether oxygens (including phenoxy) is 1. The van der Waals surface area contributed by atoms with Crippen molar-refractivity contribution in [2.75, 3.05) is 6.61 Å². The lowest BCUT2D eigenvalue weighted by Gasteiger charge is -2.11. The molecule has 3 aromatic carbocycles. The van der Waals surface area contributed by atoms with E-state index < -0.39 is 0 Å². The zero-order chi connectivity index (χ0) is 18.5. The Bertz CT molecular complexity index is 1090. The molecular formula is C22H13Cl2NO. The Morgan fingerprint density at radius 2 is 1.88 bits per heavy atom. The normalized spacial score (nSPS) is 11.0. The monoisotopic (exact) mass is 377 g/mol. The van der Waals surface area contributed by atoms with Crippen LogP contribution in [0.5, 0.6) is 5.75 Å². The van der Waals surface area contributed by atoms with Gasteiger partial charge in [0.05, 0.1) is 21.7 Å². The third-order valence-electron chi connectivity index (χ3n) is 3.88. The van der Waals surface area contributed by atoms with Crippen LogP contribution < -0.4 is 4.74 Å². The van der Waals surface area contributed by atoms with Crippen molar-refractivity contribution < 1.29 is 4.74 Å². The van der Waals surface area contributed by atoms with Crippen molar-refractivity contribution in [1.82, 2.24) is 0 Å². The highest BCUT2D eigenvalue weighted by atomic mass is 35.5. The quantitative estimate of drug-likeness (QED) is 0.307. The number of nitriles is 1. The number of hydrogen-bond donors (Lipinski definition) is 0. The lowest BCUT2D eigenvalue weighted by atomic mass is 9.98. The van der Waals surface area contributed by atoms with Gasteiger partial charge in [0, 0.05) is 5.56 Å². The fraction of sp³-hybridized carbons (Fsp3) is 0.0455. The standard InChI is InChI=1S/C22H13Cl2NO/c1-2-11-26-22-10-8-15-5-3-4-6-18(15)19(22)12-17(14-25)16-7-9-20(23)21(24)13-16/h1,3-10,12-13H,11H2/b17-12+. The Morgan fingerprint density at radius 3 is 2.62 bits per heavy atom. The number of fused-ring (bicyclic) bond motifs is 1. The van der Waals surface area contributed by atoms with Crippen LogP contribution in [-0.2, 0) is 0 Å². The SMILES string of the molecule is C#CCOc1ccc2ccccc2c1/C=C(\C#N)c1ccc(Cl)c(Cl)c1. The first-order chi connectivity index (χ1) is 12.6. The molecule has 0 saturated carbocycles. The number of terminal acetylenes is 1. The van der Waals surface area contributed by atoms with Crippen LogP contribution >= 0.6 is 23.2 Å². The Hall–Kier alpha value is -2.91. The van der Waals surface area contributed by atoms with Gasteiger partial charge in [-0.1, -0.05) is 65.5 Å². The summed E-state index contributed by atoms with van der Waals surface area (Å²) in [5.74, 6) is 3.08. The summed E-state index contributed by atoms with van der Waals surface area (Å²) in [7, 11) is 0. The van der Waals surface area contributed by atoms with Crippen molar-refractivity contribution in [2.24, 2.45) is 0 Å². The third-order valence-corrected chi connectivity index (χ3v) is 4.62. The highest BCUT2D eigenvalue weighted by Gasteiger charge is 2.10. The summed E-state index contributed by atoms with van der Waals surface area (Å²) in [5.41, 5.74) is 1.92. The van der Waals surface area contributed by atoms with Crippen LogP contribution in [0, 0.1) is 23.7 Å². The van der Waals surface area contributed by atoms with E-state index in [0.29, 0.717) is 26.9 Å². The molecule has 0 spiro atoms. The van der Waals surface area contributed by atoms with E-state index in [1.54, 1.807) is 24.3 Å². The molecule has 126 valence electrons. The number of hydrogen-bond acceptors (Lipinski definition) is 2. The second-order valence-corrected chi connectivity index (χ2v) is 6.30. The van der Waals surface area contributed by atoms with Gasteiger partial charge in [-0.25, -0.2) is 0 Å². The van der Waals surface area contributed by atoms with Crippen molar-refractivity contribution in [2.45, 2.75) is 0 Å². The minimum atomic E-state index is 0.147. The minimum absolute atomic E-state index is 0.147. The van der Waals surface area contributed by atoms with Gasteiger partial charge in [-0.05, 0) is 40.6 Å². The summed E-state index contributed by atoms with van der Waals surface area (Å²) in [4.78, 5) is 0. The molecule has 3 aromatic rings. The fourth-order valence-electron chi connectivity index (χ4n) is 2.66. The van der Waals surface area contributed by atoms with Gasteiger partial charge in [-0.3, -0.25) is 0 Å². The molecule has 0 radical (unpaired) electrons. The second-order valence-electron chi connectivity index (χ2n) is 5.49. The molecule has 26 heavy (non-hydrogen) atoms. The van der Waals surface area contributed by atoms with Crippen LogP contribution in [0.15, 0.2) is 54.6 Å². The zero-order valence-corrected chi connectivity index (χ0v) is 15.2. The van der Waals surface area contributed by atoms with Gasteiger partial charge >= 0.3 is 0 Å². The largest absolute Gasteiger partial charge is 0.480 e. The van der Waals surface area contributed by atoms with Gasteiger partial charge in [0.2, 0.25) is 0 Å². The van der Waals surface area contributed by atoms with E-state index >= 15 is 0 Å². The first-order valence-corrected chi connectivity index (χ1v) is 8.55. The predicted molar refractivity (Wildman–Crippen MR) is 108 cm³/mol. The lowest BCUT2D eigenvalue weighted by Crippen LogP contribution is -1.96. The number of rotatable bonds is 4. The summed E-state index contributed by atoms with van der Waals surface area (Å²) in [6, 6.07) is 19.0. The molecule has 0 heterocycles. The summed E-state index contributed by atoms with van der Waals surface area (Å²) in [6.45, 7) is 0.147. The molecular weight excluding hydrogens is 365 g/mol. The summed E-state index contributed by atoms with van der Waals surface area (Å²) < 4.78 is 5.68. The van der Waals surface area contributed by atoms with E-state index in [2.05, 4.69) is 12.0 Å². The van der Waals surface area contributed by atoms with Crippen LogP contribution in [0.2, 0.25) is 10.0 Å². The number of nitrogens with zero attached hydrogens (tertiary/aromatic N) is 1. The predicted octanol–water partition coefficient (Wildman–Crippen LogP) is 6.22. The summed E-state index contributed by atoms with van der Waals surface area (Å²) in [5, 5.41) is 12.5. The van der Waals surface area contributed by atoms with E-state index in [1.165, 1.54) is 0 Å². The van der Waals surface area contributed by atoms with Gasteiger partial charge in [0.25, 0.3) is 0 Å². The maximum Gasteiger partial charge on any atom is 0.148 e. The highest BCUT2D eigenvalue weighted by Crippen LogP contribution is 2.33. The Morgan fingerprint density at radius 1 is 1.08 bits per heavy atom. The molecule has 0 fully saturated rings. The topological polar surface area (TPSA) is 33.0 Å². The Labute approximate surface area is 162 Å². The van der Waals surface area contributed by atoms with E-state index in [0.717, 1.165) is 16.3 Å². The van der Waals surface area contributed by atoms with E-state index in [1.807, 2.05) is 36.4 Å². The Kier molecular flexibility index (Phi) is 5.49. The molecule has 0 bridgehead atoms. The van der Waals surface area contributed by atoms with Gasteiger partial charge in [0.15, 0.2) is 0 Å². The average molecular weight is 378 g/mol. The first-order valence-electron chi connectivity index (χ1n) is 7.79. The fourth-order valence-corrected chi connectivity index (χ4v) is 2.96. The molecule has 0 aliphatic heterocycles. The molecule has 0 amide bonds. The summed E-state index contributed by atoms with van der Waals surface area (Å²) in [6.07, 6.45) is 7.10. The molecule has 0 N–H and O–H groups in total. The second kappa shape index (κ2) is 7.98. The van der Waals surface area contributed by atoms with Crippen LogP contribution in [0.1, 0.15) is 11.1 Å². The average Bonchev–Trinajstić information content (AvgIpc) is 2.67. The van der Waals surface area contributed by atoms with Gasteiger partial charge in [-0.2, -0.15) is 5.26 Å². The van der Waals surface area contributed by atoms with E-state index in [-0.39, 0.29) is 6.61 Å². The van der Waals surface area contributed by atoms with Crippen LogP contribution in [0.25, 0.3) is 22.4 Å². The maximum absolute atomic E-state index is 9.67. The zero-order valence-electron chi connectivity index (χ0n) is 13.7. The van der Waals surface area contributed by atoms with Crippen LogP contribution in [0.3, 0.4) is 0 Å². The third kappa shape index (κ3) is 3.68. The molecule has 0 unspecified atom stereocenters. The molecule has 0 aliphatic rings. The van der Waals surface area contributed by atoms with Gasteiger partial charge < -0.3 is 4.74 Å². The van der Waals surface area contributed by atoms with Crippen molar-refractivity contribution >= 4 is 45.6 Å². The lowest BCUT2D eigenvalue weighted by molar-refractivity contribution is 0.370. The molecule has 2 nitrogen and oxygen atoms in total. The van der Waals surface area contributed by atoms with Crippen LogP contribution in [-0.4, -0.2) is 6.61 Å². The van der Waals surface area contributed by atoms with Crippen molar-refractivity contribution in [3.05, 3.63) is 75.8 Å². The van der Waals surface area contributed by atoms with E-state index in [9.17, 15) is 5.26 Å². The van der Waals surface area contributed by atoms with E-state index in [4.69, 9.17) is 34.4 Å². The molecule has 0 aromatic heterocycles. The molecule has 4 heteroatoms. The minimum Gasteiger partial charge on any atom is -0.480 e. The summed E-state index contributed by atoms with van der Waals surface area (Å²) >= 11 is 12.1. The Balaban J connectivity index is 2.21. The molecule has 0 atom stereocenters. The van der Waals surface area contributed by atoms with Gasteiger partial charge in [-0.15, -0.1) is 6.42 Å². The number of halogens is 2. The van der Waals surface area contributed by atoms with Crippen LogP contribution in [0.4, 0.5) is 0 Å². The highest BCUT2D eigenvalue weighted by molar-refractivity contribution is 6.42. The molecule has 0 aliphatic carbocycles. The smallest absolute Gasteiger partial charge is 0.148 e. The first kappa shape index (κ1) is 17.9. The van der Waals surface area contributed by atoms with Crippen molar-refractivity contribution in [3.63, 3.8) is 0 Å². The van der Waals surface area contributed by atoms with Crippen molar-refractivity contribution in [3.8, 4) is 24.2 Å². The van der Waals surface area contributed by atoms with Gasteiger partial charge in [0.1, 0.15) is 12.4 Å². The maximum atomic E-state index is 9.67. The number of benzene rings is 3. The van der Waals surface area contributed by atoms with Crippen molar-refractivity contribution in [1.29, 1.82) is 5.26 Å².